The Morgan fingerprint density at radius 1 is 1.20 bits per heavy atom. The van der Waals surface area contributed by atoms with Gasteiger partial charge in [-0.2, -0.15) is 5.10 Å². The molecule has 1 aromatic heterocycles. The zero-order valence-corrected chi connectivity index (χ0v) is 11.8. The van der Waals surface area contributed by atoms with Crippen LogP contribution < -0.4 is 14.9 Å². The van der Waals surface area contributed by atoms with Gasteiger partial charge in [0, 0.05) is 24.0 Å². The molecule has 2 aromatic rings. The van der Waals surface area contributed by atoms with E-state index in [0.29, 0.717) is 17.3 Å². The summed E-state index contributed by atoms with van der Waals surface area (Å²) < 4.78 is 10.4. The topological polar surface area (TPSA) is 68.6 Å². The van der Waals surface area contributed by atoms with E-state index in [-0.39, 0.29) is 5.15 Å². The standard InChI is InChI=1S/C13H13ClN4O2/c1-19-10-4-3-9(11(7-10)20-2)8-17-18-13-12(14)15-5-6-16-13/h3-8H,1-2H3,(H,16,18)/b17-8-. The van der Waals surface area contributed by atoms with Crippen molar-refractivity contribution in [3.05, 3.63) is 41.3 Å². The molecule has 0 unspecified atom stereocenters. The van der Waals surface area contributed by atoms with Crippen LogP contribution in [0.2, 0.25) is 5.15 Å². The number of nitrogens with zero attached hydrogens (tertiary/aromatic N) is 3. The first-order valence-corrected chi connectivity index (χ1v) is 6.10. The van der Waals surface area contributed by atoms with Gasteiger partial charge in [0.05, 0.1) is 20.4 Å². The van der Waals surface area contributed by atoms with Crippen LogP contribution in [0.15, 0.2) is 35.7 Å². The summed E-state index contributed by atoms with van der Waals surface area (Å²) in [4.78, 5) is 7.90. The summed E-state index contributed by atoms with van der Waals surface area (Å²) in [6.07, 6.45) is 4.63. The minimum Gasteiger partial charge on any atom is -0.497 e. The van der Waals surface area contributed by atoms with Crippen LogP contribution in [0.4, 0.5) is 5.82 Å². The molecule has 1 aromatic carbocycles. The second kappa shape index (κ2) is 6.72. The smallest absolute Gasteiger partial charge is 0.184 e. The van der Waals surface area contributed by atoms with E-state index >= 15 is 0 Å². The van der Waals surface area contributed by atoms with E-state index in [9.17, 15) is 0 Å². The minimum atomic E-state index is 0.256. The zero-order valence-electron chi connectivity index (χ0n) is 11.0. The number of hydrogen-bond acceptors (Lipinski definition) is 6. The van der Waals surface area contributed by atoms with Gasteiger partial charge in [0.25, 0.3) is 0 Å². The average molecular weight is 293 g/mol. The number of anilines is 1. The van der Waals surface area contributed by atoms with Gasteiger partial charge >= 0.3 is 0 Å². The highest BCUT2D eigenvalue weighted by Crippen LogP contribution is 2.23. The lowest BCUT2D eigenvalue weighted by atomic mass is 10.2. The van der Waals surface area contributed by atoms with E-state index in [0.717, 1.165) is 5.56 Å². The van der Waals surface area contributed by atoms with E-state index in [2.05, 4.69) is 20.5 Å². The molecule has 0 saturated heterocycles. The fourth-order valence-electron chi connectivity index (χ4n) is 1.48. The Morgan fingerprint density at radius 3 is 2.70 bits per heavy atom. The summed E-state index contributed by atoms with van der Waals surface area (Å²) >= 11 is 5.85. The van der Waals surface area contributed by atoms with Gasteiger partial charge in [0.1, 0.15) is 11.5 Å². The monoisotopic (exact) mass is 292 g/mol. The van der Waals surface area contributed by atoms with Gasteiger partial charge < -0.3 is 9.47 Å². The average Bonchev–Trinajstić information content (AvgIpc) is 2.49. The number of methoxy groups -OCH3 is 2. The SMILES string of the molecule is COc1ccc(/C=N\Nc2nccnc2Cl)c(OC)c1. The third-order valence-corrected chi connectivity index (χ3v) is 2.74. The molecule has 0 amide bonds. The highest BCUT2D eigenvalue weighted by molar-refractivity contribution is 6.31. The number of aromatic nitrogens is 2. The molecule has 0 aliphatic carbocycles. The molecule has 6 nitrogen and oxygen atoms in total. The van der Waals surface area contributed by atoms with Crippen LogP contribution in [0.3, 0.4) is 0 Å². The van der Waals surface area contributed by atoms with Crippen molar-refractivity contribution in [1.29, 1.82) is 0 Å². The molecule has 0 spiro atoms. The molecule has 0 saturated carbocycles. The van der Waals surface area contributed by atoms with Crippen molar-refractivity contribution in [2.45, 2.75) is 0 Å². The van der Waals surface area contributed by atoms with Gasteiger partial charge in [-0.1, -0.05) is 11.6 Å². The highest BCUT2D eigenvalue weighted by atomic mass is 35.5. The molecular weight excluding hydrogens is 280 g/mol. The lowest BCUT2D eigenvalue weighted by molar-refractivity contribution is 0.394. The summed E-state index contributed by atoms with van der Waals surface area (Å²) in [5, 5.41) is 4.31. The number of nitrogens with one attached hydrogen (secondary N) is 1. The molecule has 104 valence electrons. The number of ether oxygens (including phenoxy) is 2. The second-order valence-electron chi connectivity index (χ2n) is 3.67. The first-order chi connectivity index (χ1) is 9.74. The molecule has 0 aliphatic heterocycles. The second-order valence-corrected chi connectivity index (χ2v) is 4.03. The number of benzene rings is 1. The third-order valence-electron chi connectivity index (χ3n) is 2.47. The van der Waals surface area contributed by atoms with Crippen molar-refractivity contribution in [2.75, 3.05) is 19.6 Å². The van der Waals surface area contributed by atoms with Gasteiger partial charge in [-0.25, -0.2) is 9.97 Å². The maximum Gasteiger partial charge on any atom is 0.184 e. The van der Waals surface area contributed by atoms with E-state index in [4.69, 9.17) is 21.1 Å². The Bertz CT molecular complexity index is 619. The minimum absolute atomic E-state index is 0.256. The van der Waals surface area contributed by atoms with E-state index < -0.39 is 0 Å². The van der Waals surface area contributed by atoms with Crippen molar-refractivity contribution in [2.24, 2.45) is 5.10 Å². The first-order valence-electron chi connectivity index (χ1n) is 5.72. The Kier molecular flexibility index (Phi) is 4.73. The third kappa shape index (κ3) is 3.36. The van der Waals surface area contributed by atoms with Crippen LogP contribution in [0.25, 0.3) is 0 Å². The molecule has 1 heterocycles. The maximum absolute atomic E-state index is 5.85. The van der Waals surface area contributed by atoms with Crippen LogP contribution in [-0.2, 0) is 0 Å². The number of rotatable bonds is 5. The van der Waals surface area contributed by atoms with Crippen LogP contribution >= 0.6 is 11.6 Å². The number of halogens is 1. The Hall–Kier alpha value is -2.34. The summed E-state index contributed by atoms with van der Waals surface area (Å²) in [6, 6.07) is 5.43. The molecule has 7 heteroatoms. The lowest BCUT2D eigenvalue weighted by Crippen LogP contribution is -1.97. The predicted molar refractivity (Wildman–Crippen MR) is 77.8 cm³/mol. The highest BCUT2D eigenvalue weighted by Gasteiger charge is 2.03. The number of hydrazone groups is 1. The van der Waals surface area contributed by atoms with Crippen LogP contribution in [-0.4, -0.2) is 30.4 Å². The zero-order chi connectivity index (χ0) is 14.4. The quantitative estimate of drug-likeness (QED) is 0.677. The fourth-order valence-corrected chi connectivity index (χ4v) is 1.63. The van der Waals surface area contributed by atoms with Crippen LogP contribution in [0.5, 0.6) is 11.5 Å². The maximum atomic E-state index is 5.85. The largest absolute Gasteiger partial charge is 0.497 e. The molecule has 20 heavy (non-hydrogen) atoms. The molecule has 0 atom stereocenters. The molecule has 0 bridgehead atoms. The van der Waals surface area contributed by atoms with E-state index in [1.807, 2.05) is 12.1 Å². The van der Waals surface area contributed by atoms with Crippen LogP contribution in [0.1, 0.15) is 5.56 Å². The normalized spacial score (nSPS) is 10.6. The van der Waals surface area contributed by atoms with Crippen molar-refractivity contribution in [1.82, 2.24) is 9.97 Å². The van der Waals surface area contributed by atoms with Gasteiger partial charge in [-0.15, -0.1) is 0 Å². The fraction of sp³-hybridized carbons (Fsp3) is 0.154. The van der Waals surface area contributed by atoms with Gasteiger partial charge in [-0.05, 0) is 12.1 Å². The van der Waals surface area contributed by atoms with Crippen molar-refractivity contribution in [3.63, 3.8) is 0 Å². The first kappa shape index (κ1) is 14.1. The lowest BCUT2D eigenvalue weighted by Gasteiger charge is -2.07. The van der Waals surface area contributed by atoms with E-state index in [1.54, 1.807) is 26.5 Å². The molecule has 0 radical (unpaired) electrons. The summed E-state index contributed by atoms with van der Waals surface area (Å²) in [5.41, 5.74) is 3.51. The molecular formula is C13H13ClN4O2. The molecule has 1 N–H and O–H groups in total. The van der Waals surface area contributed by atoms with Crippen LogP contribution in [0, 0.1) is 0 Å². The molecule has 0 aliphatic rings. The summed E-state index contributed by atoms with van der Waals surface area (Å²) in [5.74, 6) is 1.75. The molecule has 2 rings (SSSR count). The van der Waals surface area contributed by atoms with Crippen molar-refractivity contribution in [3.8, 4) is 11.5 Å². The van der Waals surface area contributed by atoms with Gasteiger partial charge in [-0.3, -0.25) is 5.43 Å². The Balaban J connectivity index is 2.13. The predicted octanol–water partition coefficient (Wildman–Crippen LogP) is 2.59. The summed E-state index contributed by atoms with van der Waals surface area (Å²) in [6.45, 7) is 0. The van der Waals surface area contributed by atoms with Gasteiger partial charge in [0.15, 0.2) is 11.0 Å². The Morgan fingerprint density at radius 2 is 2.00 bits per heavy atom. The summed E-state index contributed by atoms with van der Waals surface area (Å²) in [7, 11) is 3.18. The molecule has 0 fully saturated rings. The van der Waals surface area contributed by atoms with Crippen molar-refractivity contribution >= 4 is 23.6 Å². The van der Waals surface area contributed by atoms with Gasteiger partial charge in [0.2, 0.25) is 0 Å². The Labute approximate surface area is 121 Å². The van der Waals surface area contributed by atoms with Crippen molar-refractivity contribution < 1.29 is 9.47 Å². The number of hydrogen-bond donors (Lipinski definition) is 1. The van der Waals surface area contributed by atoms with E-state index in [1.165, 1.54) is 12.4 Å².